The van der Waals surface area contributed by atoms with E-state index in [4.69, 9.17) is 26.3 Å². The number of halogens is 1. The zero-order valence-corrected chi connectivity index (χ0v) is 27.4. The molecule has 0 aliphatic carbocycles. The molecule has 10 heteroatoms. The van der Waals surface area contributed by atoms with Gasteiger partial charge in [-0.1, -0.05) is 43.6 Å². The maximum absolute atomic E-state index is 13.3. The van der Waals surface area contributed by atoms with E-state index in [0.29, 0.717) is 23.1 Å². The Kier molecular flexibility index (Phi) is 9.92. The topological polar surface area (TPSA) is 86.2 Å². The molecule has 0 atom stereocenters. The molecule has 1 N–H and O–H groups in total. The number of carbonyl (C=O) groups excluding carboxylic acids is 1. The van der Waals surface area contributed by atoms with Crippen LogP contribution in [0.3, 0.4) is 0 Å². The third-order valence-electron chi connectivity index (χ3n) is 8.80. The first-order valence-corrected chi connectivity index (χ1v) is 16.3. The predicted molar refractivity (Wildman–Crippen MR) is 185 cm³/mol. The van der Waals surface area contributed by atoms with E-state index in [9.17, 15) is 4.79 Å². The van der Waals surface area contributed by atoms with E-state index in [1.807, 2.05) is 77.8 Å². The van der Waals surface area contributed by atoms with Gasteiger partial charge in [0.15, 0.2) is 0 Å². The fourth-order valence-electron chi connectivity index (χ4n) is 6.06. The smallest absolute Gasteiger partial charge is 0.253 e. The number of piperazine rings is 1. The molecule has 1 saturated heterocycles. The highest BCUT2D eigenvalue weighted by molar-refractivity contribution is 6.31. The Bertz CT molecular complexity index is 1710. The van der Waals surface area contributed by atoms with Crippen molar-refractivity contribution in [3.8, 4) is 17.0 Å². The first kappa shape index (κ1) is 31.7. The Morgan fingerprint density at radius 2 is 1.72 bits per heavy atom. The van der Waals surface area contributed by atoms with E-state index in [0.717, 1.165) is 97.5 Å². The summed E-state index contributed by atoms with van der Waals surface area (Å²) in [5, 5.41) is 3.94. The van der Waals surface area contributed by atoms with Crippen LogP contribution >= 0.6 is 11.6 Å². The summed E-state index contributed by atoms with van der Waals surface area (Å²) in [6.07, 6.45) is 1.82. The molecule has 46 heavy (non-hydrogen) atoms. The number of likely N-dealkylation sites (N-methyl/N-ethyl adjacent to an activating group) is 1. The molecule has 0 radical (unpaired) electrons. The lowest BCUT2D eigenvalue weighted by Gasteiger charge is -2.35. The first-order valence-electron chi connectivity index (χ1n) is 15.9. The van der Waals surface area contributed by atoms with Gasteiger partial charge >= 0.3 is 0 Å². The Balaban J connectivity index is 1.15. The molecular weight excluding hydrogens is 598 g/mol. The van der Waals surface area contributed by atoms with Gasteiger partial charge in [-0.3, -0.25) is 14.7 Å². The monoisotopic (exact) mass is 637 g/mol. The number of methoxy groups -OCH3 is 1. The second-order valence-corrected chi connectivity index (χ2v) is 11.9. The highest BCUT2D eigenvalue weighted by Gasteiger charge is 2.24. The maximum atomic E-state index is 13.3. The van der Waals surface area contributed by atoms with Crippen LogP contribution in [0.5, 0.6) is 5.75 Å². The number of fused-ring (bicyclic) bond motifs is 3. The van der Waals surface area contributed by atoms with Crippen LogP contribution in [-0.4, -0.2) is 95.8 Å². The van der Waals surface area contributed by atoms with E-state index in [1.54, 1.807) is 7.11 Å². The zero-order chi connectivity index (χ0) is 32.0. The number of aliphatic imine (C=N–C) groups is 1. The van der Waals surface area contributed by atoms with E-state index >= 15 is 0 Å². The summed E-state index contributed by atoms with van der Waals surface area (Å²) in [6.45, 7) is 12.4. The molecule has 0 unspecified atom stereocenters. The summed E-state index contributed by atoms with van der Waals surface area (Å²) in [5.41, 5.74) is 6.66. The maximum Gasteiger partial charge on any atom is 0.253 e. The number of carbonyl (C=O) groups is 1. The lowest BCUT2D eigenvalue weighted by Crippen LogP contribution is -2.50. The molecule has 1 amide bonds. The number of para-hydroxylation sites is 1. The standard InChI is InChI=1S/C36H40ClN7O2/c1-4-42(5-2)16-17-43-18-20-44(21-19-43)35(45)25-10-13-28(14-11-25)40-36-39-24-26-23-38-34(30-8-6-7-9-32(30)46-3)31-22-27(37)12-15-29(31)33(26)41-36/h6-15,22,24H,4-5,16-21,23H2,1-3H3,(H,39,40,41). The summed E-state index contributed by atoms with van der Waals surface area (Å²) >= 11 is 6.48. The van der Waals surface area contributed by atoms with Crippen molar-refractivity contribution in [2.24, 2.45) is 4.99 Å². The van der Waals surface area contributed by atoms with Crippen LogP contribution in [0.4, 0.5) is 11.6 Å². The minimum absolute atomic E-state index is 0.0670. The molecule has 1 fully saturated rings. The second-order valence-electron chi connectivity index (χ2n) is 11.5. The number of rotatable bonds is 10. The largest absolute Gasteiger partial charge is 0.496 e. The van der Waals surface area contributed by atoms with E-state index in [2.05, 4.69) is 33.9 Å². The van der Waals surface area contributed by atoms with Gasteiger partial charge in [0.2, 0.25) is 5.95 Å². The third-order valence-corrected chi connectivity index (χ3v) is 9.04. The van der Waals surface area contributed by atoms with Crippen molar-refractivity contribution < 1.29 is 9.53 Å². The molecule has 2 aliphatic rings. The SMILES string of the molecule is CCN(CC)CCN1CCN(C(=O)c2ccc(Nc3ncc4c(n3)-c3ccc(Cl)cc3C(c3ccccc3OC)=NC4)cc2)CC1. The van der Waals surface area contributed by atoms with Crippen molar-refractivity contribution in [2.75, 3.05) is 64.8 Å². The van der Waals surface area contributed by atoms with E-state index < -0.39 is 0 Å². The molecule has 3 heterocycles. The second kappa shape index (κ2) is 14.4. The average Bonchev–Trinajstić information content (AvgIpc) is 3.25. The van der Waals surface area contributed by atoms with Gasteiger partial charge in [0.05, 0.1) is 25.1 Å². The Morgan fingerprint density at radius 3 is 2.46 bits per heavy atom. The fourth-order valence-corrected chi connectivity index (χ4v) is 6.23. The third kappa shape index (κ3) is 6.92. The number of nitrogens with zero attached hydrogens (tertiary/aromatic N) is 6. The van der Waals surface area contributed by atoms with Crippen LogP contribution < -0.4 is 10.1 Å². The number of ether oxygens (including phenoxy) is 1. The van der Waals surface area contributed by atoms with Crippen LogP contribution in [0, 0.1) is 0 Å². The van der Waals surface area contributed by atoms with Gasteiger partial charge in [-0.05, 0) is 61.6 Å². The van der Waals surface area contributed by atoms with Crippen molar-refractivity contribution in [3.63, 3.8) is 0 Å². The number of anilines is 2. The van der Waals surface area contributed by atoms with Crippen LogP contribution in [0.15, 0.2) is 77.9 Å². The molecule has 0 spiro atoms. The number of aromatic nitrogens is 2. The highest BCUT2D eigenvalue weighted by Crippen LogP contribution is 2.35. The van der Waals surface area contributed by atoms with Crippen LogP contribution in [0.25, 0.3) is 11.3 Å². The first-order chi connectivity index (χ1) is 22.5. The highest BCUT2D eigenvalue weighted by atomic mass is 35.5. The van der Waals surface area contributed by atoms with Crippen molar-refractivity contribution in [2.45, 2.75) is 20.4 Å². The molecule has 9 nitrogen and oxygen atoms in total. The molecule has 238 valence electrons. The molecule has 4 aromatic rings. The average molecular weight is 638 g/mol. The van der Waals surface area contributed by atoms with Gasteiger partial charge < -0.3 is 19.9 Å². The van der Waals surface area contributed by atoms with Crippen LogP contribution in [-0.2, 0) is 6.54 Å². The number of nitrogens with one attached hydrogen (secondary N) is 1. The van der Waals surface area contributed by atoms with Crippen molar-refractivity contribution in [3.05, 3.63) is 100 Å². The summed E-state index contributed by atoms with van der Waals surface area (Å²) in [6, 6.07) is 21.1. The van der Waals surface area contributed by atoms with Gasteiger partial charge in [-0.25, -0.2) is 9.97 Å². The van der Waals surface area contributed by atoms with Gasteiger partial charge in [0.25, 0.3) is 5.91 Å². The summed E-state index contributed by atoms with van der Waals surface area (Å²) in [4.78, 5) is 34.6. The molecule has 1 aromatic heterocycles. The Hall–Kier alpha value is -4.31. The van der Waals surface area contributed by atoms with Gasteiger partial charge in [-0.15, -0.1) is 0 Å². The van der Waals surface area contributed by atoms with E-state index in [-0.39, 0.29) is 5.91 Å². The molecule has 3 aromatic carbocycles. The minimum Gasteiger partial charge on any atom is -0.496 e. The van der Waals surface area contributed by atoms with Crippen molar-refractivity contribution >= 4 is 34.9 Å². The number of benzene rings is 3. The molecule has 0 bridgehead atoms. The number of amides is 1. The summed E-state index contributed by atoms with van der Waals surface area (Å²) in [5.74, 6) is 1.26. The lowest BCUT2D eigenvalue weighted by molar-refractivity contribution is 0.0625. The molecular formula is C36H40ClN7O2. The van der Waals surface area contributed by atoms with Gasteiger partial charge in [-0.2, -0.15) is 0 Å². The number of hydrogen-bond donors (Lipinski definition) is 1. The Labute approximate surface area is 275 Å². The lowest BCUT2D eigenvalue weighted by atomic mass is 9.95. The molecule has 0 saturated carbocycles. The van der Waals surface area contributed by atoms with E-state index in [1.165, 1.54) is 0 Å². The summed E-state index contributed by atoms with van der Waals surface area (Å²) in [7, 11) is 1.66. The zero-order valence-electron chi connectivity index (χ0n) is 26.7. The quantitative estimate of drug-likeness (QED) is 0.228. The number of hydrogen-bond acceptors (Lipinski definition) is 8. The minimum atomic E-state index is 0.0670. The van der Waals surface area contributed by atoms with Crippen molar-refractivity contribution in [1.82, 2.24) is 24.7 Å². The van der Waals surface area contributed by atoms with Gasteiger partial charge in [0.1, 0.15) is 5.75 Å². The normalized spacial score (nSPS) is 14.7. The van der Waals surface area contributed by atoms with Gasteiger partial charge in [0, 0.05) is 84.0 Å². The molecule has 6 rings (SSSR count). The Morgan fingerprint density at radius 1 is 0.957 bits per heavy atom. The predicted octanol–water partition coefficient (Wildman–Crippen LogP) is 6.00. The molecule has 2 aliphatic heterocycles. The fraction of sp³-hybridized carbons (Fsp3) is 0.333. The van der Waals surface area contributed by atoms with Crippen LogP contribution in [0.2, 0.25) is 5.02 Å². The summed E-state index contributed by atoms with van der Waals surface area (Å²) < 4.78 is 5.65. The van der Waals surface area contributed by atoms with Crippen LogP contribution in [0.1, 0.15) is 40.9 Å². The van der Waals surface area contributed by atoms with Crippen molar-refractivity contribution in [1.29, 1.82) is 0 Å².